The lowest BCUT2D eigenvalue weighted by molar-refractivity contribution is 0.497. The Bertz CT molecular complexity index is 516. The Labute approximate surface area is 108 Å². The van der Waals surface area contributed by atoms with Crippen LogP contribution in [0.2, 0.25) is 0 Å². The van der Waals surface area contributed by atoms with Crippen molar-refractivity contribution in [3.63, 3.8) is 0 Å². The summed E-state index contributed by atoms with van der Waals surface area (Å²) < 4.78 is 1.96. The first-order valence-electron chi connectivity index (χ1n) is 6.38. The fraction of sp³-hybridized carbons (Fsp3) is 0.429. The van der Waals surface area contributed by atoms with Crippen LogP contribution >= 0.6 is 0 Å². The number of nitrogens with two attached hydrogens (primary N) is 1. The summed E-state index contributed by atoms with van der Waals surface area (Å²) >= 11 is 0. The molecule has 0 saturated carbocycles. The van der Waals surface area contributed by atoms with Crippen molar-refractivity contribution in [3.05, 3.63) is 47.5 Å². The molecule has 2 aromatic heterocycles. The smallest absolute Gasteiger partial charge is 0.0899 e. The standard InChI is InChI=1S/C14H20N4/c1-4-11-6-5-8-16-14(11)13(15)12-7-9-17-18(12)10(2)3/h5-10,13H,4,15H2,1-3H3. The van der Waals surface area contributed by atoms with Gasteiger partial charge in [0, 0.05) is 18.4 Å². The van der Waals surface area contributed by atoms with Crippen LogP contribution in [-0.2, 0) is 6.42 Å². The number of aryl methyl sites for hydroxylation is 1. The van der Waals surface area contributed by atoms with Crippen LogP contribution in [0.25, 0.3) is 0 Å². The number of hydrogen-bond acceptors (Lipinski definition) is 3. The topological polar surface area (TPSA) is 56.7 Å². The van der Waals surface area contributed by atoms with E-state index in [0.29, 0.717) is 6.04 Å². The van der Waals surface area contributed by atoms with Crippen LogP contribution in [-0.4, -0.2) is 14.8 Å². The van der Waals surface area contributed by atoms with Crippen molar-refractivity contribution in [2.45, 2.75) is 39.3 Å². The Hall–Kier alpha value is -1.68. The summed E-state index contributed by atoms with van der Waals surface area (Å²) in [5, 5.41) is 4.33. The molecule has 2 heterocycles. The number of rotatable bonds is 4. The molecular formula is C14H20N4. The zero-order chi connectivity index (χ0) is 13.1. The quantitative estimate of drug-likeness (QED) is 0.898. The van der Waals surface area contributed by atoms with Crippen molar-refractivity contribution in [1.29, 1.82) is 0 Å². The van der Waals surface area contributed by atoms with E-state index in [1.807, 2.05) is 16.8 Å². The molecule has 96 valence electrons. The van der Waals surface area contributed by atoms with Gasteiger partial charge < -0.3 is 5.73 Å². The van der Waals surface area contributed by atoms with E-state index in [0.717, 1.165) is 17.8 Å². The van der Waals surface area contributed by atoms with Crippen LogP contribution in [0.15, 0.2) is 30.6 Å². The minimum atomic E-state index is -0.217. The number of nitrogens with zero attached hydrogens (tertiary/aromatic N) is 3. The van der Waals surface area contributed by atoms with Gasteiger partial charge in [0.15, 0.2) is 0 Å². The summed E-state index contributed by atoms with van der Waals surface area (Å²) in [5.41, 5.74) is 9.51. The monoisotopic (exact) mass is 244 g/mol. The van der Waals surface area contributed by atoms with E-state index in [4.69, 9.17) is 5.73 Å². The van der Waals surface area contributed by atoms with Gasteiger partial charge >= 0.3 is 0 Å². The van der Waals surface area contributed by atoms with Gasteiger partial charge in [0.25, 0.3) is 0 Å². The second-order valence-corrected chi connectivity index (χ2v) is 4.67. The molecule has 18 heavy (non-hydrogen) atoms. The van der Waals surface area contributed by atoms with Gasteiger partial charge in [-0.15, -0.1) is 0 Å². The van der Waals surface area contributed by atoms with E-state index in [-0.39, 0.29) is 6.04 Å². The van der Waals surface area contributed by atoms with Gasteiger partial charge in [0.1, 0.15) is 0 Å². The molecule has 2 rings (SSSR count). The van der Waals surface area contributed by atoms with Gasteiger partial charge in [-0.05, 0) is 38.0 Å². The third-order valence-electron chi connectivity index (χ3n) is 3.11. The van der Waals surface area contributed by atoms with Gasteiger partial charge in [-0.1, -0.05) is 13.0 Å². The highest BCUT2D eigenvalue weighted by Crippen LogP contribution is 2.22. The average molecular weight is 244 g/mol. The SMILES string of the molecule is CCc1cccnc1C(N)c1ccnn1C(C)C. The molecule has 2 aromatic rings. The van der Waals surface area contributed by atoms with E-state index < -0.39 is 0 Å². The number of aromatic nitrogens is 3. The third kappa shape index (κ3) is 2.29. The zero-order valence-corrected chi connectivity index (χ0v) is 11.2. The molecule has 0 saturated heterocycles. The normalized spacial score (nSPS) is 12.9. The first-order chi connectivity index (χ1) is 8.65. The highest BCUT2D eigenvalue weighted by atomic mass is 15.3. The minimum absolute atomic E-state index is 0.217. The molecular weight excluding hydrogens is 224 g/mol. The van der Waals surface area contributed by atoms with E-state index >= 15 is 0 Å². The Morgan fingerprint density at radius 1 is 1.28 bits per heavy atom. The van der Waals surface area contributed by atoms with E-state index in [1.165, 1.54) is 5.56 Å². The van der Waals surface area contributed by atoms with Gasteiger partial charge in [0.2, 0.25) is 0 Å². The van der Waals surface area contributed by atoms with Crippen LogP contribution < -0.4 is 5.73 Å². The van der Waals surface area contributed by atoms with Crippen LogP contribution in [0.5, 0.6) is 0 Å². The molecule has 0 amide bonds. The van der Waals surface area contributed by atoms with Crippen LogP contribution in [0.4, 0.5) is 0 Å². The summed E-state index contributed by atoms with van der Waals surface area (Å²) in [5.74, 6) is 0. The second kappa shape index (κ2) is 5.31. The Morgan fingerprint density at radius 2 is 2.06 bits per heavy atom. The van der Waals surface area contributed by atoms with Crippen molar-refractivity contribution < 1.29 is 0 Å². The van der Waals surface area contributed by atoms with Crippen molar-refractivity contribution in [2.24, 2.45) is 5.73 Å². The van der Waals surface area contributed by atoms with Crippen LogP contribution in [0.1, 0.15) is 49.8 Å². The molecule has 0 aliphatic rings. The maximum atomic E-state index is 6.35. The molecule has 0 aliphatic heterocycles. The molecule has 0 fully saturated rings. The highest BCUT2D eigenvalue weighted by Gasteiger charge is 2.18. The molecule has 2 N–H and O–H groups in total. The molecule has 0 bridgehead atoms. The zero-order valence-electron chi connectivity index (χ0n) is 11.2. The van der Waals surface area contributed by atoms with E-state index in [9.17, 15) is 0 Å². The minimum Gasteiger partial charge on any atom is -0.318 e. The molecule has 0 aliphatic carbocycles. The maximum Gasteiger partial charge on any atom is 0.0899 e. The lowest BCUT2D eigenvalue weighted by atomic mass is 10.0. The Balaban J connectivity index is 2.41. The summed E-state index contributed by atoms with van der Waals surface area (Å²) in [6.45, 7) is 6.32. The van der Waals surface area contributed by atoms with Crippen LogP contribution in [0, 0.1) is 0 Å². The van der Waals surface area contributed by atoms with Gasteiger partial charge in [-0.2, -0.15) is 5.10 Å². The fourth-order valence-corrected chi connectivity index (χ4v) is 2.17. The lowest BCUT2D eigenvalue weighted by Gasteiger charge is -2.18. The molecule has 1 atom stereocenters. The summed E-state index contributed by atoms with van der Waals surface area (Å²) in [6, 6.07) is 6.09. The lowest BCUT2D eigenvalue weighted by Crippen LogP contribution is -2.21. The Morgan fingerprint density at radius 3 is 2.72 bits per heavy atom. The highest BCUT2D eigenvalue weighted by molar-refractivity contribution is 5.29. The maximum absolute atomic E-state index is 6.35. The fourth-order valence-electron chi connectivity index (χ4n) is 2.17. The molecule has 0 spiro atoms. The summed E-state index contributed by atoms with van der Waals surface area (Å²) in [6.07, 6.45) is 4.53. The average Bonchev–Trinajstić information content (AvgIpc) is 2.87. The van der Waals surface area contributed by atoms with Gasteiger partial charge in [0.05, 0.1) is 17.4 Å². The second-order valence-electron chi connectivity index (χ2n) is 4.67. The van der Waals surface area contributed by atoms with Gasteiger partial charge in [-0.3, -0.25) is 9.67 Å². The summed E-state index contributed by atoms with van der Waals surface area (Å²) in [7, 11) is 0. The first-order valence-corrected chi connectivity index (χ1v) is 6.38. The summed E-state index contributed by atoms with van der Waals surface area (Å²) in [4.78, 5) is 4.44. The molecule has 4 nitrogen and oxygen atoms in total. The predicted octanol–water partition coefficient (Wildman–Crippen LogP) is 2.47. The van der Waals surface area contributed by atoms with Crippen LogP contribution in [0.3, 0.4) is 0 Å². The molecule has 0 aromatic carbocycles. The molecule has 0 radical (unpaired) electrons. The van der Waals surface area contributed by atoms with E-state index in [2.05, 4.69) is 36.9 Å². The first kappa shape index (κ1) is 12.8. The van der Waals surface area contributed by atoms with Crippen molar-refractivity contribution in [2.75, 3.05) is 0 Å². The molecule has 4 heteroatoms. The predicted molar refractivity (Wildman–Crippen MR) is 72.3 cm³/mol. The third-order valence-corrected chi connectivity index (χ3v) is 3.11. The van der Waals surface area contributed by atoms with Crippen molar-refractivity contribution in [1.82, 2.24) is 14.8 Å². The number of hydrogen-bond donors (Lipinski definition) is 1. The van der Waals surface area contributed by atoms with E-state index in [1.54, 1.807) is 12.4 Å². The Kier molecular flexibility index (Phi) is 3.77. The molecule has 1 unspecified atom stereocenters. The van der Waals surface area contributed by atoms with Gasteiger partial charge in [-0.25, -0.2) is 0 Å². The van der Waals surface area contributed by atoms with Crippen molar-refractivity contribution >= 4 is 0 Å². The number of pyridine rings is 1. The van der Waals surface area contributed by atoms with Crippen molar-refractivity contribution in [3.8, 4) is 0 Å². The largest absolute Gasteiger partial charge is 0.318 e.